The van der Waals surface area contributed by atoms with Gasteiger partial charge in [0.2, 0.25) is 0 Å². The van der Waals surface area contributed by atoms with Gasteiger partial charge in [-0.3, -0.25) is 9.59 Å². The van der Waals surface area contributed by atoms with Crippen LogP contribution in [0.1, 0.15) is 12.0 Å². The highest BCUT2D eigenvalue weighted by Crippen LogP contribution is 2.08. The first kappa shape index (κ1) is 11.4. The molecule has 80 valence electrons. The van der Waals surface area contributed by atoms with Crippen LogP contribution in [-0.4, -0.2) is 18.9 Å². The second kappa shape index (κ2) is 5.24. The average molecular weight is 210 g/mol. The van der Waals surface area contributed by atoms with Gasteiger partial charge in [-0.15, -0.1) is 0 Å². The van der Waals surface area contributed by atoms with E-state index in [1.807, 2.05) is 0 Å². The zero-order chi connectivity index (χ0) is 11.3. The first-order chi connectivity index (χ1) is 7.13. The molecule has 1 aromatic rings. The lowest BCUT2D eigenvalue weighted by Crippen LogP contribution is -2.12. The summed E-state index contributed by atoms with van der Waals surface area (Å²) in [5, 5.41) is 0. The van der Waals surface area contributed by atoms with Crippen LogP contribution in [-0.2, 0) is 20.7 Å². The summed E-state index contributed by atoms with van der Waals surface area (Å²) in [5.41, 5.74) is 0.298. The molecular weight excluding hydrogens is 199 g/mol. The fourth-order valence-electron chi connectivity index (χ4n) is 1.15. The van der Waals surface area contributed by atoms with E-state index in [2.05, 4.69) is 4.74 Å². The Morgan fingerprint density at radius 1 is 1.33 bits per heavy atom. The molecule has 4 heteroatoms. The van der Waals surface area contributed by atoms with Crippen LogP contribution in [0.2, 0.25) is 0 Å². The van der Waals surface area contributed by atoms with Crippen molar-refractivity contribution in [2.45, 2.75) is 12.8 Å². The standard InChI is InChI=1S/C11H11FO3/c1-15-11(14)7-9(13)6-8-4-2-3-5-10(8)12/h2-5H,6-7H2,1H3. The van der Waals surface area contributed by atoms with E-state index in [0.29, 0.717) is 5.56 Å². The van der Waals surface area contributed by atoms with E-state index in [-0.39, 0.29) is 18.6 Å². The fourth-order valence-corrected chi connectivity index (χ4v) is 1.15. The maximum Gasteiger partial charge on any atom is 0.313 e. The number of halogens is 1. The topological polar surface area (TPSA) is 43.4 Å². The van der Waals surface area contributed by atoms with Crippen molar-refractivity contribution in [3.8, 4) is 0 Å². The smallest absolute Gasteiger partial charge is 0.313 e. The molecule has 0 bridgehead atoms. The van der Waals surface area contributed by atoms with E-state index in [1.165, 1.54) is 19.2 Å². The Labute approximate surface area is 86.9 Å². The van der Waals surface area contributed by atoms with Crippen LogP contribution in [0.4, 0.5) is 4.39 Å². The third kappa shape index (κ3) is 3.50. The Morgan fingerprint density at radius 3 is 2.60 bits per heavy atom. The molecule has 0 unspecified atom stereocenters. The van der Waals surface area contributed by atoms with Gasteiger partial charge in [0.1, 0.15) is 18.0 Å². The van der Waals surface area contributed by atoms with Crippen molar-refractivity contribution in [3.63, 3.8) is 0 Å². The van der Waals surface area contributed by atoms with Gasteiger partial charge in [0, 0.05) is 6.42 Å². The second-order valence-electron chi connectivity index (χ2n) is 3.06. The number of methoxy groups -OCH3 is 1. The Bertz CT molecular complexity index is 374. The zero-order valence-electron chi connectivity index (χ0n) is 8.33. The van der Waals surface area contributed by atoms with E-state index in [1.54, 1.807) is 12.1 Å². The Balaban J connectivity index is 2.59. The molecule has 1 aromatic carbocycles. The van der Waals surface area contributed by atoms with Crippen molar-refractivity contribution < 1.29 is 18.7 Å². The molecule has 0 fully saturated rings. The van der Waals surface area contributed by atoms with Gasteiger partial charge in [-0.25, -0.2) is 4.39 Å². The van der Waals surface area contributed by atoms with Gasteiger partial charge < -0.3 is 4.74 Å². The Morgan fingerprint density at radius 2 is 2.00 bits per heavy atom. The lowest BCUT2D eigenvalue weighted by Gasteiger charge is -2.01. The van der Waals surface area contributed by atoms with Crippen molar-refractivity contribution in [1.82, 2.24) is 0 Å². The maximum atomic E-state index is 13.1. The fraction of sp³-hybridized carbons (Fsp3) is 0.273. The largest absolute Gasteiger partial charge is 0.469 e. The number of benzene rings is 1. The van der Waals surface area contributed by atoms with E-state index in [0.717, 1.165) is 0 Å². The van der Waals surface area contributed by atoms with Crippen molar-refractivity contribution in [2.24, 2.45) is 0 Å². The molecule has 0 radical (unpaired) electrons. The van der Waals surface area contributed by atoms with Gasteiger partial charge in [0.05, 0.1) is 7.11 Å². The van der Waals surface area contributed by atoms with Crippen molar-refractivity contribution in [1.29, 1.82) is 0 Å². The predicted octanol–water partition coefficient (Wildman–Crippen LogP) is 1.50. The second-order valence-corrected chi connectivity index (χ2v) is 3.06. The highest BCUT2D eigenvalue weighted by molar-refractivity contribution is 5.96. The lowest BCUT2D eigenvalue weighted by atomic mass is 10.1. The normalized spacial score (nSPS) is 9.73. The highest BCUT2D eigenvalue weighted by Gasteiger charge is 2.12. The molecule has 0 saturated heterocycles. The summed E-state index contributed by atoms with van der Waals surface area (Å²) in [6.07, 6.45) is -0.396. The molecule has 0 spiro atoms. The molecule has 0 aliphatic carbocycles. The minimum absolute atomic E-state index is 0.0816. The summed E-state index contributed by atoms with van der Waals surface area (Å²) in [5.74, 6) is -1.39. The van der Waals surface area contributed by atoms with Crippen molar-refractivity contribution >= 4 is 11.8 Å². The van der Waals surface area contributed by atoms with Crippen LogP contribution >= 0.6 is 0 Å². The summed E-state index contributed by atoms with van der Waals surface area (Å²) in [7, 11) is 1.21. The summed E-state index contributed by atoms with van der Waals surface area (Å²) in [6, 6.07) is 5.98. The van der Waals surface area contributed by atoms with Crippen LogP contribution < -0.4 is 0 Å². The number of carbonyl (C=O) groups excluding carboxylic acids is 2. The lowest BCUT2D eigenvalue weighted by molar-refractivity contribution is -0.143. The number of esters is 1. The van der Waals surface area contributed by atoms with Gasteiger partial charge in [0.25, 0.3) is 0 Å². The zero-order valence-corrected chi connectivity index (χ0v) is 8.33. The molecule has 0 heterocycles. The number of hydrogen-bond donors (Lipinski definition) is 0. The third-order valence-electron chi connectivity index (χ3n) is 1.91. The summed E-state index contributed by atoms with van der Waals surface area (Å²) in [4.78, 5) is 22.0. The van der Waals surface area contributed by atoms with E-state index in [4.69, 9.17) is 0 Å². The number of rotatable bonds is 4. The molecule has 0 saturated carbocycles. The molecular formula is C11H11FO3. The van der Waals surface area contributed by atoms with Crippen LogP contribution in [0, 0.1) is 5.82 Å². The number of ether oxygens (including phenoxy) is 1. The Kier molecular flexibility index (Phi) is 3.97. The first-order valence-corrected chi connectivity index (χ1v) is 4.45. The summed E-state index contributed by atoms with van der Waals surface area (Å²) >= 11 is 0. The number of carbonyl (C=O) groups is 2. The predicted molar refractivity (Wildman–Crippen MR) is 51.7 cm³/mol. The van der Waals surface area contributed by atoms with E-state index in [9.17, 15) is 14.0 Å². The monoisotopic (exact) mass is 210 g/mol. The number of ketones is 1. The molecule has 0 amide bonds. The Hall–Kier alpha value is -1.71. The van der Waals surface area contributed by atoms with Crippen LogP contribution in [0.5, 0.6) is 0 Å². The molecule has 0 atom stereocenters. The van der Waals surface area contributed by atoms with Crippen molar-refractivity contribution in [2.75, 3.05) is 7.11 Å². The molecule has 0 N–H and O–H groups in total. The minimum Gasteiger partial charge on any atom is -0.469 e. The molecule has 0 aromatic heterocycles. The van der Waals surface area contributed by atoms with Crippen LogP contribution in [0.3, 0.4) is 0 Å². The van der Waals surface area contributed by atoms with Gasteiger partial charge in [-0.2, -0.15) is 0 Å². The van der Waals surface area contributed by atoms with Gasteiger partial charge >= 0.3 is 5.97 Å². The van der Waals surface area contributed by atoms with Crippen LogP contribution in [0.15, 0.2) is 24.3 Å². The number of hydrogen-bond acceptors (Lipinski definition) is 3. The van der Waals surface area contributed by atoms with E-state index < -0.39 is 11.8 Å². The average Bonchev–Trinajstić information content (AvgIpc) is 2.21. The minimum atomic E-state index is -0.601. The quantitative estimate of drug-likeness (QED) is 0.558. The maximum absolute atomic E-state index is 13.1. The number of Topliss-reactive ketones (excluding diaryl/α,β-unsaturated/α-hetero) is 1. The molecule has 3 nitrogen and oxygen atoms in total. The molecule has 15 heavy (non-hydrogen) atoms. The first-order valence-electron chi connectivity index (χ1n) is 4.45. The summed E-state index contributed by atoms with van der Waals surface area (Å²) < 4.78 is 17.4. The van der Waals surface area contributed by atoms with E-state index >= 15 is 0 Å². The molecule has 0 aliphatic heterocycles. The summed E-state index contributed by atoms with van der Waals surface area (Å²) in [6.45, 7) is 0. The molecule has 1 rings (SSSR count). The molecule has 0 aliphatic rings. The van der Waals surface area contributed by atoms with Gasteiger partial charge in [-0.05, 0) is 11.6 Å². The SMILES string of the molecule is COC(=O)CC(=O)Cc1ccccc1F. The van der Waals surface area contributed by atoms with Crippen molar-refractivity contribution in [3.05, 3.63) is 35.6 Å². The third-order valence-corrected chi connectivity index (χ3v) is 1.91. The van der Waals surface area contributed by atoms with Crippen LogP contribution in [0.25, 0.3) is 0 Å². The van der Waals surface area contributed by atoms with Gasteiger partial charge in [-0.1, -0.05) is 18.2 Å². The highest BCUT2D eigenvalue weighted by atomic mass is 19.1. The van der Waals surface area contributed by atoms with Gasteiger partial charge in [0.15, 0.2) is 0 Å².